The minimum Gasteiger partial charge on any atom is -0.508 e. The second-order valence-corrected chi connectivity index (χ2v) is 3.89. The summed E-state index contributed by atoms with van der Waals surface area (Å²) in [6.07, 6.45) is 2.33. The number of non-ortho nitro benzene ring substituents is 1. The van der Waals surface area contributed by atoms with Crippen molar-refractivity contribution < 1.29 is 10.0 Å². The van der Waals surface area contributed by atoms with Crippen molar-refractivity contribution in [1.82, 2.24) is 0 Å². The molecule has 0 aromatic heterocycles. The van der Waals surface area contributed by atoms with Crippen molar-refractivity contribution in [1.29, 1.82) is 0 Å². The zero-order valence-electron chi connectivity index (χ0n) is 9.91. The molecule has 0 heterocycles. The van der Waals surface area contributed by atoms with E-state index in [2.05, 4.69) is 0 Å². The molecule has 102 valence electrons. The van der Waals surface area contributed by atoms with Crippen molar-refractivity contribution in [3.8, 4) is 5.75 Å². The van der Waals surface area contributed by atoms with Crippen LogP contribution in [0.1, 0.15) is 30.9 Å². The van der Waals surface area contributed by atoms with Gasteiger partial charge in [0.05, 0.1) is 4.92 Å². The number of nitrogens with two attached hydrogens (primary N) is 2. The maximum atomic E-state index is 10.6. The summed E-state index contributed by atoms with van der Waals surface area (Å²) >= 11 is 0. The molecule has 1 atom stereocenters. The van der Waals surface area contributed by atoms with E-state index in [9.17, 15) is 15.2 Å². The lowest BCUT2D eigenvalue weighted by Gasteiger charge is -2.13. The number of nitro benzene ring substituents is 1. The van der Waals surface area contributed by atoms with Gasteiger partial charge in [-0.1, -0.05) is 6.42 Å². The van der Waals surface area contributed by atoms with E-state index >= 15 is 0 Å². The quantitative estimate of drug-likeness (QED) is 0.416. The Balaban J connectivity index is 0.00000289. The minimum atomic E-state index is -0.504. The minimum absolute atomic E-state index is 0. The number of aromatic hydroxyl groups is 1. The van der Waals surface area contributed by atoms with Crippen molar-refractivity contribution in [2.45, 2.75) is 25.3 Å². The molecule has 0 saturated heterocycles. The van der Waals surface area contributed by atoms with E-state index in [1.165, 1.54) is 18.2 Å². The van der Waals surface area contributed by atoms with Crippen LogP contribution >= 0.6 is 12.4 Å². The zero-order chi connectivity index (χ0) is 12.8. The molecule has 0 aliphatic heterocycles. The fraction of sp³-hybridized carbons (Fsp3) is 0.455. The fourth-order valence-corrected chi connectivity index (χ4v) is 1.62. The summed E-state index contributed by atoms with van der Waals surface area (Å²) in [5, 5.41) is 20.2. The lowest BCUT2D eigenvalue weighted by Crippen LogP contribution is -2.11. The standard InChI is InChI=1S/C11H17N3O3.ClH/c12-6-2-1-3-10(13)9-7-8(14(16)17)4-5-11(9)15;/h4-5,7,10,15H,1-3,6,12-13H2;1H/t10-;/m0./s1. The number of hydrogen-bond donors (Lipinski definition) is 3. The smallest absolute Gasteiger partial charge is 0.270 e. The number of halogens is 1. The number of phenolic OH excluding ortho intramolecular Hbond substituents is 1. The number of rotatable bonds is 6. The van der Waals surface area contributed by atoms with Gasteiger partial charge in [0.2, 0.25) is 0 Å². The average Bonchev–Trinajstić information content (AvgIpc) is 2.29. The zero-order valence-corrected chi connectivity index (χ0v) is 10.7. The Kier molecular flexibility index (Phi) is 7.26. The summed E-state index contributed by atoms with van der Waals surface area (Å²) in [4.78, 5) is 10.1. The molecule has 0 aliphatic rings. The molecule has 0 radical (unpaired) electrons. The third-order valence-corrected chi connectivity index (χ3v) is 2.59. The highest BCUT2D eigenvalue weighted by Gasteiger charge is 2.15. The fourth-order valence-electron chi connectivity index (χ4n) is 1.62. The van der Waals surface area contributed by atoms with Gasteiger partial charge < -0.3 is 16.6 Å². The third-order valence-electron chi connectivity index (χ3n) is 2.59. The Morgan fingerprint density at radius 1 is 1.39 bits per heavy atom. The maximum absolute atomic E-state index is 10.6. The highest BCUT2D eigenvalue weighted by molar-refractivity contribution is 5.85. The van der Waals surface area contributed by atoms with Crippen LogP contribution in [-0.4, -0.2) is 16.6 Å². The van der Waals surface area contributed by atoms with Crippen LogP contribution in [-0.2, 0) is 0 Å². The first-order valence-electron chi connectivity index (χ1n) is 5.49. The van der Waals surface area contributed by atoms with Crippen LogP contribution in [0.4, 0.5) is 5.69 Å². The molecule has 18 heavy (non-hydrogen) atoms. The van der Waals surface area contributed by atoms with Gasteiger partial charge in [-0.3, -0.25) is 10.1 Å². The second kappa shape index (κ2) is 7.86. The van der Waals surface area contributed by atoms with Gasteiger partial charge in [-0.05, 0) is 25.5 Å². The van der Waals surface area contributed by atoms with Crippen molar-refractivity contribution in [2.24, 2.45) is 11.5 Å². The number of unbranched alkanes of at least 4 members (excludes halogenated alkanes) is 1. The van der Waals surface area contributed by atoms with Gasteiger partial charge in [0.1, 0.15) is 5.75 Å². The van der Waals surface area contributed by atoms with E-state index in [1.54, 1.807) is 0 Å². The van der Waals surface area contributed by atoms with Crippen LogP contribution in [0.25, 0.3) is 0 Å². The first kappa shape index (κ1) is 16.6. The Morgan fingerprint density at radius 2 is 2.06 bits per heavy atom. The van der Waals surface area contributed by atoms with Crippen LogP contribution in [0, 0.1) is 10.1 Å². The van der Waals surface area contributed by atoms with Crippen molar-refractivity contribution in [2.75, 3.05) is 6.54 Å². The highest BCUT2D eigenvalue weighted by atomic mass is 35.5. The molecule has 6 nitrogen and oxygen atoms in total. The number of hydrogen-bond acceptors (Lipinski definition) is 5. The highest BCUT2D eigenvalue weighted by Crippen LogP contribution is 2.29. The molecule has 1 aromatic carbocycles. The maximum Gasteiger partial charge on any atom is 0.270 e. The Hall–Kier alpha value is -1.37. The number of benzene rings is 1. The predicted molar refractivity (Wildman–Crippen MR) is 71.8 cm³/mol. The molecule has 0 bridgehead atoms. The van der Waals surface area contributed by atoms with Gasteiger partial charge in [0.25, 0.3) is 5.69 Å². The van der Waals surface area contributed by atoms with Crippen LogP contribution in [0.5, 0.6) is 5.75 Å². The first-order valence-corrected chi connectivity index (χ1v) is 5.49. The lowest BCUT2D eigenvalue weighted by atomic mass is 10.0. The Morgan fingerprint density at radius 3 is 2.61 bits per heavy atom. The van der Waals surface area contributed by atoms with Gasteiger partial charge in [-0.15, -0.1) is 12.4 Å². The summed E-state index contributed by atoms with van der Waals surface area (Å²) in [7, 11) is 0. The van der Waals surface area contributed by atoms with Crippen LogP contribution in [0.3, 0.4) is 0 Å². The summed E-state index contributed by atoms with van der Waals surface area (Å²) in [6.45, 7) is 0.591. The van der Waals surface area contributed by atoms with E-state index in [0.29, 0.717) is 18.5 Å². The first-order chi connectivity index (χ1) is 8.06. The van der Waals surface area contributed by atoms with Gasteiger partial charge >= 0.3 is 0 Å². The topological polar surface area (TPSA) is 115 Å². The molecular formula is C11H18ClN3O3. The molecule has 0 amide bonds. The molecule has 1 aromatic rings. The largest absolute Gasteiger partial charge is 0.508 e. The third kappa shape index (κ3) is 4.48. The molecule has 7 heteroatoms. The van der Waals surface area contributed by atoms with Crippen molar-refractivity contribution in [3.63, 3.8) is 0 Å². The molecule has 5 N–H and O–H groups in total. The number of nitrogens with zero attached hydrogens (tertiary/aromatic N) is 1. The van der Waals surface area contributed by atoms with Gasteiger partial charge in [-0.25, -0.2) is 0 Å². The lowest BCUT2D eigenvalue weighted by molar-refractivity contribution is -0.385. The summed E-state index contributed by atoms with van der Waals surface area (Å²) in [5.41, 5.74) is 11.6. The van der Waals surface area contributed by atoms with Crippen LogP contribution in [0.2, 0.25) is 0 Å². The second-order valence-electron chi connectivity index (χ2n) is 3.89. The van der Waals surface area contributed by atoms with E-state index in [0.717, 1.165) is 12.8 Å². The van der Waals surface area contributed by atoms with Crippen molar-refractivity contribution >= 4 is 18.1 Å². The van der Waals surface area contributed by atoms with E-state index < -0.39 is 11.0 Å². The van der Waals surface area contributed by atoms with Crippen molar-refractivity contribution in [3.05, 3.63) is 33.9 Å². The molecule has 0 aliphatic carbocycles. The van der Waals surface area contributed by atoms with E-state index in [4.69, 9.17) is 11.5 Å². The molecule has 1 rings (SSSR count). The molecule has 0 saturated carbocycles. The molecule has 0 unspecified atom stereocenters. The summed E-state index contributed by atoms with van der Waals surface area (Å²) in [6, 6.07) is 3.48. The molecular weight excluding hydrogens is 258 g/mol. The van der Waals surface area contributed by atoms with Gasteiger partial charge in [0, 0.05) is 23.7 Å². The molecule has 0 fully saturated rings. The van der Waals surface area contributed by atoms with Crippen LogP contribution in [0.15, 0.2) is 18.2 Å². The Bertz CT molecular complexity index is 401. The van der Waals surface area contributed by atoms with Crippen LogP contribution < -0.4 is 11.5 Å². The summed E-state index contributed by atoms with van der Waals surface area (Å²) in [5.74, 6) is -0.00384. The normalized spacial score (nSPS) is 11.7. The van der Waals surface area contributed by atoms with Gasteiger partial charge in [0.15, 0.2) is 0 Å². The SMILES string of the molecule is Cl.NCCCC[C@H](N)c1cc([N+](=O)[O-])ccc1O. The Labute approximate surface area is 112 Å². The monoisotopic (exact) mass is 275 g/mol. The number of nitro groups is 1. The van der Waals surface area contributed by atoms with E-state index in [1.807, 2.05) is 0 Å². The molecule has 0 spiro atoms. The predicted octanol–water partition coefficient (Wildman–Crippen LogP) is 1.85. The number of phenols is 1. The summed E-state index contributed by atoms with van der Waals surface area (Å²) < 4.78 is 0. The average molecular weight is 276 g/mol. The van der Waals surface area contributed by atoms with Gasteiger partial charge in [-0.2, -0.15) is 0 Å². The van der Waals surface area contributed by atoms with E-state index in [-0.39, 0.29) is 23.8 Å².